The number of nitrogens with one attached hydrogen (secondary N) is 2. The fourth-order valence-electron chi connectivity index (χ4n) is 2.51. The number of anilines is 1. The summed E-state index contributed by atoms with van der Waals surface area (Å²) >= 11 is 6.03. The highest BCUT2D eigenvalue weighted by molar-refractivity contribution is 6.32. The van der Waals surface area contributed by atoms with Gasteiger partial charge in [0.05, 0.1) is 11.9 Å². The number of carbonyl (C=O) groups is 1. The van der Waals surface area contributed by atoms with Crippen LogP contribution in [0.3, 0.4) is 0 Å². The van der Waals surface area contributed by atoms with Gasteiger partial charge in [0, 0.05) is 19.6 Å². The van der Waals surface area contributed by atoms with Crippen LogP contribution in [0.15, 0.2) is 11.0 Å². The molecule has 0 bridgehead atoms. The Bertz CT molecular complexity index is 603. The molecule has 2 heterocycles. The van der Waals surface area contributed by atoms with Gasteiger partial charge in [0.2, 0.25) is 0 Å². The molecule has 8 heteroatoms. The van der Waals surface area contributed by atoms with Crippen molar-refractivity contribution in [3.8, 4) is 0 Å². The molecule has 0 spiro atoms. The third-order valence-electron chi connectivity index (χ3n) is 3.67. The van der Waals surface area contributed by atoms with Gasteiger partial charge in [-0.25, -0.2) is 9.89 Å². The number of ether oxygens (including phenoxy) is 1. The van der Waals surface area contributed by atoms with Crippen LogP contribution in [-0.4, -0.2) is 41.5 Å². The van der Waals surface area contributed by atoms with Gasteiger partial charge in [-0.3, -0.25) is 4.79 Å². The Morgan fingerprint density at radius 3 is 2.74 bits per heavy atom. The topological polar surface area (TPSA) is 87.3 Å². The van der Waals surface area contributed by atoms with E-state index in [4.69, 9.17) is 16.3 Å². The predicted molar refractivity (Wildman–Crippen MR) is 89.0 cm³/mol. The molecule has 0 saturated carbocycles. The molecule has 0 unspecified atom stereocenters. The minimum atomic E-state index is -0.489. The summed E-state index contributed by atoms with van der Waals surface area (Å²) in [5.74, 6) is 0.382. The lowest BCUT2D eigenvalue weighted by Gasteiger charge is -2.33. The largest absolute Gasteiger partial charge is 0.444 e. The van der Waals surface area contributed by atoms with E-state index in [2.05, 4.69) is 20.4 Å². The number of hydrogen-bond donors (Lipinski definition) is 2. The molecule has 1 aliphatic heterocycles. The third kappa shape index (κ3) is 5.13. The number of hydrogen-bond acceptors (Lipinski definition) is 5. The van der Waals surface area contributed by atoms with Crippen LogP contribution >= 0.6 is 11.6 Å². The Morgan fingerprint density at radius 2 is 2.13 bits per heavy atom. The maximum absolute atomic E-state index is 11.7. The molecule has 1 aromatic heterocycles. The summed E-state index contributed by atoms with van der Waals surface area (Å²) in [6.45, 7) is 7.64. The first-order valence-corrected chi connectivity index (χ1v) is 8.09. The number of piperidine rings is 1. The number of H-pyrrole nitrogens is 1. The first-order valence-electron chi connectivity index (χ1n) is 7.71. The van der Waals surface area contributed by atoms with E-state index in [1.165, 1.54) is 0 Å². The Hall–Kier alpha value is -1.76. The SMILES string of the molecule is CC(C)(C)OC(=O)NCC1CCN(c2cn[nH]c(=O)c2Cl)CC1. The second-order valence-corrected chi connectivity index (χ2v) is 7.09. The monoisotopic (exact) mass is 342 g/mol. The van der Waals surface area contributed by atoms with Crippen molar-refractivity contribution in [1.82, 2.24) is 15.5 Å². The van der Waals surface area contributed by atoms with E-state index in [1.54, 1.807) is 6.20 Å². The number of amides is 1. The van der Waals surface area contributed by atoms with Crippen LogP contribution in [0.2, 0.25) is 5.02 Å². The smallest absolute Gasteiger partial charge is 0.407 e. The molecule has 1 fully saturated rings. The zero-order chi connectivity index (χ0) is 17.0. The van der Waals surface area contributed by atoms with Gasteiger partial charge in [-0.05, 0) is 39.5 Å². The molecule has 1 amide bonds. The molecule has 0 aliphatic carbocycles. The molecular formula is C15H23ClN4O3. The van der Waals surface area contributed by atoms with E-state index in [9.17, 15) is 9.59 Å². The molecule has 1 aliphatic rings. The van der Waals surface area contributed by atoms with Gasteiger partial charge >= 0.3 is 6.09 Å². The maximum atomic E-state index is 11.7. The summed E-state index contributed by atoms with van der Waals surface area (Å²) < 4.78 is 5.22. The van der Waals surface area contributed by atoms with Crippen molar-refractivity contribution in [1.29, 1.82) is 0 Å². The average Bonchev–Trinajstić information content (AvgIpc) is 2.47. The van der Waals surface area contributed by atoms with Gasteiger partial charge in [0.15, 0.2) is 0 Å². The molecule has 2 N–H and O–H groups in total. The summed E-state index contributed by atoms with van der Waals surface area (Å²) in [6, 6.07) is 0. The molecule has 7 nitrogen and oxygen atoms in total. The Kier molecular flexibility index (Phi) is 5.51. The normalized spacial score (nSPS) is 16.3. The molecule has 23 heavy (non-hydrogen) atoms. The van der Waals surface area contributed by atoms with E-state index in [1.807, 2.05) is 20.8 Å². The van der Waals surface area contributed by atoms with Crippen LogP contribution in [0.4, 0.5) is 10.5 Å². The van der Waals surface area contributed by atoms with E-state index < -0.39 is 5.60 Å². The first-order chi connectivity index (χ1) is 10.8. The lowest BCUT2D eigenvalue weighted by Crippen LogP contribution is -2.40. The van der Waals surface area contributed by atoms with Crippen LogP contribution in [0.5, 0.6) is 0 Å². The number of halogens is 1. The molecule has 0 aromatic carbocycles. The van der Waals surface area contributed by atoms with E-state index in [-0.39, 0.29) is 16.7 Å². The molecule has 1 aromatic rings. The summed E-state index contributed by atoms with van der Waals surface area (Å²) in [5.41, 5.74) is -0.204. The van der Waals surface area contributed by atoms with E-state index in [0.717, 1.165) is 25.9 Å². The van der Waals surface area contributed by atoms with Gasteiger partial charge in [0.25, 0.3) is 5.56 Å². The standard InChI is InChI=1S/C15H23ClN4O3/c1-15(2,3)23-14(22)17-8-10-4-6-20(7-5-10)11-9-18-19-13(21)12(11)16/h9-10H,4-8H2,1-3H3,(H,17,22)(H,19,21). The van der Waals surface area contributed by atoms with Crippen molar-refractivity contribution in [3.63, 3.8) is 0 Å². The van der Waals surface area contributed by atoms with Gasteiger partial charge in [-0.15, -0.1) is 0 Å². The van der Waals surface area contributed by atoms with Crippen molar-refractivity contribution >= 4 is 23.4 Å². The minimum Gasteiger partial charge on any atom is -0.444 e. The van der Waals surface area contributed by atoms with Crippen molar-refractivity contribution in [2.45, 2.75) is 39.2 Å². The maximum Gasteiger partial charge on any atom is 0.407 e. The Labute approximate surface area is 140 Å². The average molecular weight is 343 g/mol. The minimum absolute atomic E-state index is 0.172. The van der Waals surface area contributed by atoms with Crippen LogP contribution < -0.4 is 15.8 Å². The van der Waals surface area contributed by atoms with E-state index >= 15 is 0 Å². The number of carbonyl (C=O) groups excluding carboxylic acids is 1. The number of alkyl carbamates (subject to hydrolysis) is 1. The van der Waals surface area contributed by atoms with Gasteiger partial charge in [-0.2, -0.15) is 5.10 Å². The third-order valence-corrected chi connectivity index (χ3v) is 4.03. The lowest BCUT2D eigenvalue weighted by atomic mass is 9.96. The summed E-state index contributed by atoms with van der Waals surface area (Å²) in [5, 5.41) is 9.09. The predicted octanol–water partition coefficient (Wildman–Crippen LogP) is 2.16. The zero-order valence-electron chi connectivity index (χ0n) is 13.7. The van der Waals surface area contributed by atoms with Gasteiger partial charge in [0.1, 0.15) is 10.6 Å². The second-order valence-electron chi connectivity index (χ2n) is 6.71. The van der Waals surface area contributed by atoms with E-state index in [0.29, 0.717) is 18.2 Å². The Balaban J connectivity index is 1.81. The zero-order valence-corrected chi connectivity index (χ0v) is 14.4. The molecule has 2 rings (SSSR count). The van der Waals surface area contributed by atoms with Crippen LogP contribution in [0.1, 0.15) is 33.6 Å². The summed E-state index contributed by atoms with van der Waals surface area (Å²) in [6.07, 6.45) is 2.99. The number of aromatic amines is 1. The fraction of sp³-hybridized carbons (Fsp3) is 0.667. The lowest BCUT2D eigenvalue weighted by molar-refractivity contribution is 0.0517. The molecule has 1 saturated heterocycles. The summed E-state index contributed by atoms with van der Waals surface area (Å²) in [7, 11) is 0. The second kappa shape index (κ2) is 7.21. The van der Waals surface area contributed by atoms with Crippen molar-refractivity contribution < 1.29 is 9.53 Å². The molecule has 128 valence electrons. The highest BCUT2D eigenvalue weighted by atomic mass is 35.5. The fourth-order valence-corrected chi connectivity index (χ4v) is 2.72. The molecular weight excluding hydrogens is 320 g/mol. The molecule has 0 radical (unpaired) electrons. The number of nitrogens with zero attached hydrogens (tertiary/aromatic N) is 2. The number of aromatic nitrogens is 2. The molecule has 0 atom stereocenters. The van der Waals surface area contributed by atoms with Crippen molar-refractivity contribution in [2.24, 2.45) is 5.92 Å². The number of rotatable bonds is 3. The van der Waals surface area contributed by atoms with Crippen LogP contribution in [0.25, 0.3) is 0 Å². The first kappa shape index (κ1) is 17.6. The van der Waals surface area contributed by atoms with Crippen molar-refractivity contribution in [2.75, 3.05) is 24.5 Å². The highest BCUT2D eigenvalue weighted by Crippen LogP contribution is 2.26. The highest BCUT2D eigenvalue weighted by Gasteiger charge is 2.23. The summed E-state index contributed by atoms with van der Waals surface area (Å²) in [4.78, 5) is 25.2. The Morgan fingerprint density at radius 1 is 1.48 bits per heavy atom. The van der Waals surface area contributed by atoms with Crippen LogP contribution in [0, 0.1) is 5.92 Å². The quantitative estimate of drug-likeness (QED) is 0.879. The van der Waals surface area contributed by atoms with Gasteiger partial charge < -0.3 is 15.0 Å². The van der Waals surface area contributed by atoms with Crippen molar-refractivity contribution in [3.05, 3.63) is 21.6 Å². The van der Waals surface area contributed by atoms with Gasteiger partial charge in [-0.1, -0.05) is 11.6 Å². The van der Waals surface area contributed by atoms with Crippen LogP contribution in [-0.2, 0) is 4.74 Å².